The third-order valence-electron chi connectivity index (χ3n) is 3.85. The van der Waals surface area contributed by atoms with Gasteiger partial charge in [-0.25, -0.2) is 4.98 Å². The van der Waals surface area contributed by atoms with Gasteiger partial charge in [0.25, 0.3) is 5.91 Å². The largest absolute Gasteiger partial charge is 0.493 e. The summed E-state index contributed by atoms with van der Waals surface area (Å²) in [7, 11) is 3.18. The van der Waals surface area contributed by atoms with Crippen molar-refractivity contribution in [2.24, 2.45) is 0 Å². The third-order valence-corrected chi connectivity index (χ3v) is 4.73. The molecule has 5 nitrogen and oxygen atoms in total. The molecule has 0 saturated heterocycles. The average molecular weight is 368 g/mol. The van der Waals surface area contributed by atoms with Crippen LogP contribution in [0.3, 0.4) is 0 Å². The van der Waals surface area contributed by atoms with E-state index in [1.165, 1.54) is 11.3 Å². The fourth-order valence-electron chi connectivity index (χ4n) is 2.80. The molecule has 26 heavy (non-hydrogen) atoms. The number of hydrogen-bond donors (Lipinski definition) is 1. The lowest BCUT2D eigenvalue weighted by molar-refractivity contribution is 0.102. The van der Waals surface area contributed by atoms with E-state index in [9.17, 15) is 4.79 Å². The highest BCUT2D eigenvalue weighted by Gasteiger charge is 2.17. The lowest BCUT2D eigenvalue weighted by atomic mass is 10.1. The number of para-hydroxylation sites is 1. The van der Waals surface area contributed by atoms with Crippen LogP contribution in [0.2, 0.25) is 0 Å². The molecule has 0 aliphatic heterocycles. The van der Waals surface area contributed by atoms with Gasteiger partial charge in [-0.1, -0.05) is 12.1 Å². The predicted molar refractivity (Wildman–Crippen MR) is 105 cm³/mol. The zero-order valence-corrected chi connectivity index (χ0v) is 15.9. The van der Waals surface area contributed by atoms with Gasteiger partial charge in [-0.3, -0.25) is 4.79 Å². The molecule has 0 spiro atoms. The first-order valence-electron chi connectivity index (χ1n) is 8.08. The molecule has 3 aromatic rings. The van der Waals surface area contributed by atoms with E-state index >= 15 is 0 Å². The first-order chi connectivity index (χ1) is 12.5. The van der Waals surface area contributed by atoms with E-state index in [1.54, 1.807) is 19.6 Å². The molecule has 0 bridgehead atoms. The highest BCUT2D eigenvalue weighted by molar-refractivity contribution is 7.13. The van der Waals surface area contributed by atoms with Gasteiger partial charge in [0.05, 0.1) is 19.8 Å². The normalized spacial score (nSPS) is 10.5. The molecule has 0 radical (unpaired) electrons. The molecule has 1 amide bonds. The van der Waals surface area contributed by atoms with Crippen LogP contribution in [0, 0.1) is 13.8 Å². The number of rotatable bonds is 5. The summed E-state index contributed by atoms with van der Waals surface area (Å²) in [6.45, 7) is 4.00. The zero-order chi connectivity index (χ0) is 18.7. The molecule has 0 fully saturated rings. The average Bonchev–Trinajstić information content (AvgIpc) is 3.10. The Morgan fingerprint density at radius 1 is 1.08 bits per heavy atom. The molecular formula is C20H20N2O3S. The Hall–Kier alpha value is -2.86. The molecule has 0 aliphatic rings. The third kappa shape index (κ3) is 3.70. The Balaban J connectivity index is 1.87. The minimum Gasteiger partial charge on any atom is -0.493 e. The van der Waals surface area contributed by atoms with Crippen molar-refractivity contribution in [1.29, 1.82) is 0 Å². The van der Waals surface area contributed by atoms with Crippen LogP contribution in [0.25, 0.3) is 10.6 Å². The number of amides is 1. The molecular weight excluding hydrogens is 348 g/mol. The smallest absolute Gasteiger partial charge is 0.275 e. The van der Waals surface area contributed by atoms with E-state index < -0.39 is 0 Å². The quantitative estimate of drug-likeness (QED) is 0.709. The van der Waals surface area contributed by atoms with Crippen LogP contribution >= 0.6 is 11.3 Å². The molecule has 134 valence electrons. The lowest BCUT2D eigenvalue weighted by Crippen LogP contribution is -2.12. The predicted octanol–water partition coefficient (Wildman–Crippen LogP) is 4.70. The first kappa shape index (κ1) is 17.9. The van der Waals surface area contributed by atoms with Gasteiger partial charge in [-0.2, -0.15) is 0 Å². The summed E-state index contributed by atoms with van der Waals surface area (Å²) in [4.78, 5) is 17.0. The lowest BCUT2D eigenvalue weighted by Gasteiger charge is -2.10. The standard InChI is InChI=1S/C20H20N2O3S/c1-12-8-13(2)10-14(9-12)21-19(23)16-11-26-20(22-16)15-6-5-7-17(24-3)18(15)25-4/h5-11H,1-4H3,(H,21,23). The van der Waals surface area contributed by atoms with Crippen LogP contribution in [0.15, 0.2) is 41.8 Å². The number of ether oxygens (including phenoxy) is 2. The van der Waals surface area contributed by atoms with Crippen LogP contribution < -0.4 is 14.8 Å². The van der Waals surface area contributed by atoms with E-state index in [2.05, 4.69) is 16.4 Å². The van der Waals surface area contributed by atoms with Crippen LogP contribution in [0.5, 0.6) is 11.5 Å². The number of thiazole rings is 1. The van der Waals surface area contributed by atoms with Crippen molar-refractivity contribution in [2.45, 2.75) is 13.8 Å². The second-order valence-corrected chi connectivity index (χ2v) is 6.77. The zero-order valence-electron chi connectivity index (χ0n) is 15.1. The number of carbonyl (C=O) groups excluding carboxylic acids is 1. The maximum Gasteiger partial charge on any atom is 0.275 e. The molecule has 0 aliphatic carbocycles. The Morgan fingerprint density at radius 2 is 1.81 bits per heavy atom. The summed E-state index contributed by atoms with van der Waals surface area (Å²) in [6.07, 6.45) is 0. The number of hydrogen-bond acceptors (Lipinski definition) is 5. The van der Waals surface area contributed by atoms with Gasteiger partial charge in [0.2, 0.25) is 0 Å². The maximum atomic E-state index is 12.5. The van der Waals surface area contributed by atoms with Crippen molar-refractivity contribution in [3.8, 4) is 22.1 Å². The molecule has 1 heterocycles. The number of carbonyl (C=O) groups is 1. The molecule has 0 saturated carbocycles. The molecule has 2 aromatic carbocycles. The molecule has 0 atom stereocenters. The van der Waals surface area contributed by atoms with Crippen molar-refractivity contribution >= 4 is 22.9 Å². The summed E-state index contributed by atoms with van der Waals surface area (Å²) in [5.74, 6) is 0.992. The summed E-state index contributed by atoms with van der Waals surface area (Å²) >= 11 is 1.39. The summed E-state index contributed by atoms with van der Waals surface area (Å²) in [5.41, 5.74) is 4.12. The number of nitrogens with one attached hydrogen (secondary N) is 1. The summed E-state index contributed by atoms with van der Waals surface area (Å²) in [6, 6.07) is 11.5. The van der Waals surface area contributed by atoms with Gasteiger partial charge in [0.15, 0.2) is 11.5 Å². The Morgan fingerprint density at radius 3 is 2.46 bits per heavy atom. The molecule has 6 heteroatoms. The van der Waals surface area contributed by atoms with E-state index in [4.69, 9.17) is 9.47 Å². The van der Waals surface area contributed by atoms with Crippen LogP contribution in [-0.2, 0) is 0 Å². The van der Waals surface area contributed by atoms with Crippen molar-refractivity contribution < 1.29 is 14.3 Å². The Labute approximate surface area is 156 Å². The number of aromatic nitrogens is 1. The first-order valence-corrected chi connectivity index (χ1v) is 8.96. The topological polar surface area (TPSA) is 60.5 Å². The minimum atomic E-state index is -0.237. The van der Waals surface area contributed by atoms with Crippen molar-refractivity contribution in [2.75, 3.05) is 19.5 Å². The Kier molecular flexibility index (Phi) is 5.23. The van der Waals surface area contributed by atoms with Gasteiger partial charge in [-0.15, -0.1) is 11.3 Å². The fraction of sp³-hybridized carbons (Fsp3) is 0.200. The number of aryl methyl sites for hydroxylation is 2. The number of nitrogens with zero attached hydrogens (tertiary/aromatic N) is 1. The van der Waals surface area contributed by atoms with E-state index in [-0.39, 0.29) is 5.91 Å². The maximum absolute atomic E-state index is 12.5. The number of methoxy groups -OCH3 is 2. The second kappa shape index (κ2) is 7.58. The van der Waals surface area contributed by atoms with Gasteiger partial charge in [-0.05, 0) is 49.2 Å². The SMILES string of the molecule is COc1cccc(-c2nc(C(=O)Nc3cc(C)cc(C)c3)cs2)c1OC. The van der Waals surface area contributed by atoms with Gasteiger partial charge >= 0.3 is 0 Å². The number of benzene rings is 2. The highest BCUT2D eigenvalue weighted by atomic mass is 32.1. The molecule has 1 N–H and O–H groups in total. The van der Waals surface area contributed by atoms with Gasteiger partial charge in [0, 0.05) is 11.1 Å². The van der Waals surface area contributed by atoms with Gasteiger partial charge in [0.1, 0.15) is 10.7 Å². The fourth-order valence-corrected chi connectivity index (χ4v) is 3.62. The van der Waals surface area contributed by atoms with Crippen LogP contribution in [0.4, 0.5) is 5.69 Å². The van der Waals surface area contributed by atoms with Crippen LogP contribution in [-0.4, -0.2) is 25.1 Å². The van der Waals surface area contributed by atoms with Crippen molar-refractivity contribution in [1.82, 2.24) is 4.98 Å². The van der Waals surface area contributed by atoms with Crippen molar-refractivity contribution in [3.63, 3.8) is 0 Å². The Bertz CT molecular complexity index is 930. The van der Waals surface area contributed by atoms with Gasteiger partial charge < -0.3 is 14.8 Å². The minimum absolute atomic E-state index is 0.237. The van der Waals surface area contributed by atoms with Crippen LogP contribution in [0.1, 0.15) is 21.6 Å². The molecule has 0 unspecified atom stereocenters. The molecule has 3 rings (SSSR count). The second-order valence-electron chi connectivity index (χ2n) is 5.91. The monoisotopic (exact) mass is 368 g/mol. The van der Waals surface area contributed by atoms with E-state index in [1.807, 2.05) is 44.2 Å². The molecule has 1 aromatic heterocycles. The van der Waals surface area contributed by atoms with E-state index in [0.717, 1.165) is 22.4 Å². The van der Waals surface area contributed by atoms with Crippen molar-refractivity contribution in [3.05, 3.63) is 58.6 Å². The van der Waals surface area contributed by atoms with E-state index in [0.29, 0.717) is 22.2 Å². The summed E-state index contributed by atoms with van der Waals surface area (Å²) < 4.78 is 10.8. The number of anilines is 1. The highest BCUT2D eigenvalue weighted by Crippen LogP contribution is 2.39. The summed E-state index contributed by atoms with van der Waals surface area (Å²) in [5, 5.41) is 5.35.